The van der Waals surface area contributed by atoms with Crippen LogP contribution in [0.25, 0.3) is 0 Å². The van der Waals surface area contributed by atoms with Gasteiger partial charge in [0.1, 0.15) is 17.5 Å². The predicted octanol–water partition coefficient (Wildman–Crippen LogP) is 4.36. The molecule has 0 fully saturated rings. The number of ether oxygens (including phenoxy) is 2. The fraction of sp³-hybridized carbons (Fsp3) is 0.517. The standard InChI is InChI=1S/C29H43N3O6S/c1-8-24(28(34)30-29(3,4)5)31(21-22-16-18-23(37-6)19-17-22)27(33)15-12-20-32(39(7,35)36)25-13-10-11-14-26(25)38-9-2/h10-11,13-14,16-19,24H,8-9,12,15,20-21H2,1-7H3,(H,30,34). The minimum absolute atomic E-state index is 0.0677. The van der Waals surface area contributed by atoms with Crippen molar-refractivity contribution in [1.29, 1.82) is 0 Å². The van der Waals surface area contributed by atoms with E-state index in [9.17, 15) is 18.0 Å². The van der Waals surface area contributed by atoms with Gasteiger partial charge in [0.15, 0.2) is 0 Å². The second kappa shape index (κ2) is 14.2. The third kappa shape index (κ3) is 9.76. The van der Waals surface area contributed by atoms with Crippen molar-refractivity contribution >= 4 is 27.5 Å². The van der Waals surface area contributed by atoms with E-state index in [0.29, 0.717) is 30.2 Å². The molecule has 2 aromatic rings. The SMILES string of the molecule is CCOc1ccccc1N(CCCC(=O)N(Cc1ccc(OC)cc1)C(CC)C(=O)NC(C)(C)C)S(C)(=O)=O. The van der Waals surface area contributed by atoms with Crippen LogP contribution in [0.3, 0.4) is 0 Å². The van der Waals surface area contributed by atoms with Crippen molar-refractivity contribution in [2.75, 3.05) is 30.8 Å². The van der Waals surface area contributed by atoms with Gasteiger partial charge >= 0.3 is 0 Å². The fourth-order valence-electron chi connectivity index (χ4n) is 4.22. The molecule has 0 radical (unpaired) electrons. The van der Waals surface area contributed by atoms with Crippen molar-refractivity contribution in [3.63, 3.8) is 0 Å². The van der Waals surface area contributed by atoms with Gasteiger partial charge in [-0.2, -0.15) is 0 Å². The largest absolute Gasteiger partial charge is 0.497 e. The van der Waals surface area contributed by atoms with E-state index in [1.54, 1.807) is 36.3 Å². The van der Waals surface area contributed by atoms with Gasteiger partial charge in [-0.25, -0.2) is 8.42 Å². The molecule has 0 aliphatic rings. The molecule has 216 valence electrons. The average molecular weight is 562 g/mol. The molecule has 0 aliphatic carbocycles. The topological polar surface area (TPSA) is 105 Å². The minimum Gasteiger partial charge on any atom is -0.497 e. The van der Waals surface area contributed by atoms with Crippen molar-refractivity contribution < 1.29 is 27.5 Å². The maximum Gasteiger partial charge on any atom is 0.243 e. The van der Waals surface area contributed by atoms with Gasteiger partial charge in [-0.05, 0) is 70.4 Å². The number of rotatable bonds is 14. The van der Waals surface area contributed by atoms with E-state index in [-0.39, 0.29) is 37.7 Å². The maximum absolute atomic E-state index is 13.6. The predicted molar refractivity (Wildman–Crippen MR) is 155 cm³/mol. The molecular formula is C29H43N3O6S. The second-order valence-electron chi connectivity index (χ2n) is 10.4. The first kappa shape index (κ1) is 31.9. The lowest BCUT2D eigenvalue weighted by molar-refractivity contribution is -0.142. The molecule has 0 aromatic heterocycles. The normalized spacial score (nSPS) is 12.4. The highest BCUT2D eigenvalue weighted by atomic mass is 32.2. The van der Waals surface area contributed by atoms with Gasteiger partial charge in [0.05, 0.1) is 25.7 Å². The van der Waals surface area contributed by atoms with Gasteiger partial charge in [-0.15, -0.1) is 0 Å². The Morgan fingerprint density at radius 3 is 2.21 bits per heavy atom. The van der Waals surface area contributed by atoms with Gasteiger partial charge in [0, 0.05) is 25.0 Å². The highest BCUT2D eigenvalue weighted by Gasteiger charge is 2.31. The van der Waals surface area contributed by atoms with Crippen LogP contribution in [-0.4, -0.2) is 63.2 Å². The zero-order chi connectivity index (χ0) is 29.2. The number of nitrogens with one attached hydrogen (secondary N) is 1. The van der Waals surface area contributed by atoms with Crippen molar-refractivity contribution in [3.05, 3.63) is 54.1 Å². The first-order valence-electron chi connectivity index (χ1n) is 13.2. The highest BCUT2D eigenvalue weighted by molar-refractivity contribution is 7.92. The maximum atomic E-state index is 13.6. The molecule has 10 heteroatoms. The number of amides is 2. The monoisotopic (exact) mass is 561 g/mol. The van der Waals surface area contributed by atoms with Crippen molar-refractivity contribution in [2.45, 2.75) is 72.0 Å². The number of nitrogens with zero attached hydrogens (tertiary/aromatic N) is 2. The Kier molecular flexibility index (Phi) is 11.6. The summed E-state index contributed by atoms with van der Waals surface area (Å²) in [6.07, 6.45) is 1.90. The van der Waals surface area contributed by atoms with Gasteiger partial charge in [-0.1, -0.05) is 31.2 Å². The third-order valence-electron chi connectivity index (χ3n) is 5.98. The van der Waals surface area contributed by atoms with E-state index >= 15 is 0 Å². The Morgan fingerprint density at radius 2 is 1.67 bits per heavy atom. The summed E-state index contributed by atoms with van der Waals surface area (Å²) in [4.78, 5) is 28.4. The van der Waals surface area contributed by atoms with Gasteiger partial charge in [0.2, 0.25) is 21.8 Å². The van der Waals surface area contributed by atoms with Crippen LogP contribution < -0.4 is 19.1 Å². The van der Waals surface area contributed by atoms with E-state index in [4.69, 9.17) is 9.47 Å². The molecule has 1 N–H and O–H groups in total. The Bertz CT molecular complexity index is 1190. The summed E-state index contributed by atoms with van der Waals surface area (Å²) in [6, 6.07) is 13.6. The summed E-state index contributed by atoms with van der Waals surface area (Å²) >= 11 is 0. The summed E-state index contributed by atoms with van der Waals surface area (Å²) < 4.78 is 37.5. The number of benzene rings is 2. The van der Waals surface area contributed by atoms with Crippen LogP contribution in [0.4, 0.5) is 5.69 Å². The van der Waals surface area contributed by atoms with Crippen LogP contribution in [-0.2, 0) is 26.2 Å². The molecule has 39 heavy (non-hydrogen) atoms. The van der Waals surface area contributed by atoms with E-state index < -0.39 is 21.6 Å². The van der Waals surface area contributed by atoms with Crippen molar-refractivity contribution in [2.24, 2.45) is 0 Å². The number of sulfonamides is 1. The molecule has 0 spiro atoms. The molecule has 2 amide bonds. The van der Waals surface area contributed by atoms with Crippen molar-refractivity contribution in [3.8, 4) is 11.5 Å². The van der Waals surface area contributed by atoms with Crippen LogP contribution in [0.2, 0.25) is 0 Å². The molecule has 2 aromatic carbocycles. The zero-order valence-corrected chi connectivity index (χ0v) is 25.0. The van der Waals surface area contributed by atoms with Gasteiger partial charge < -0.3 is 19.7 Å². The number of carbonyl (C=O) groups is 2. The Balaban J connectivity index is 2.28. The molecule has 0 heterocycles. The zero-order valence-electron chi connectivity index (χ0n) is 24.2. The molecule has 2 rings (SSSR count). The van der Waals surface area contributed by atoms with Gasteiger partial charge in [-0.3, -0.25) is 13.9 Å². The highest BCUT2D eigenvalue weighted by Crippen LogP contribution is 2.30. The lowest BCUT2D eigenvalue weighted by atomic mass is 10.0. The summed E-state index contributed by atoms with van der Waals surface area (Å²) in [7, 11) is -2.05. The lowest BCUT2D eigenvalue weighted by Gasteiger charge is -2.33. The second-order valence-corrected chi connectivity index (χ2v) is 12.3. The van der Waals surface area contributed by atoms with Crippen LogP contribution in [0.15, 0.2) is 48.5 Å². The number of para-hydroxylation sites is 2. The Morgan fingerprint density at radius 1 is 1.03 bits per heavy atom. The summed E-state index contributed by atoms with van der Waals surface area (Å²) in [6.45, 7) is 10.1. The third-order valence-corrected chi connectivity index (χ3v) is 7.16. The molecular weight excluding hydrogens is 518 g/mol. The first-order valence-corrected chi connectivity index (χ1v) is 15.1. The van der Waals surface area contributed by atoms with Crippen LogP contribution in [0.5, 0.6) is 11.5 Å². The number of hydrogen-bond acceptors (Lipinski definition) is 6. The number of anilines is 1. The molecule has 0 saturated carbocycles. The number of hydrogen-bond donors (Lipinski definition) is 1. The van der Waals surface area contributed by atoms with Crippen LogP contribution in [0, 0.1) is 0 Å². The molecule has 0 saturated heterocycles. The average Bonchev–Trinajstić information content (AvgIpc) is 2.85. The molecule has 0 bridgehead atoms. The summed E-state index contributed by atoms with van der Waals surface area (Å²) in [5.74, 6) is 0.702. The lowest BCUT2D eigenvalue weighted by Crippen LogP contribution is -2.53. The van der Waals surface area contributed by atoms with Gasteiger partial charge in [0.25, 0.3) is 0 Å². The quantitative estimate of drug-likeness (QED) is 0.367. The molecule has 0 aliphatic heterocycles. The number of carbonyl (C=O) groups excluding carboxylic acids is 2. The Labute approximate surface area is 233 Å². The molecule has 1 unspecified atom stereocenters. The molecule has 9 nitrogen and oxygen atoms in total. The Hall–Kier alpha value is -3.27. The van der Waals surface area contributed by atoms with Crippen molar-refractivity contribution in [1.82, 2.24) is 10.2 Å². The van der Waals surface area contributed by atoms with Crippen LogP contribution >= 0.6 is 0 Å². The fourth-order valence-corrected chi connectivity index (χ4v) is 5.19. The summed E-state index contributed by atoms with van der Waals surface area (Å²) in [5, 5.41) is 2.99. The minimum atomic E-state index is -3.63. The van der Waals surface area contributed by atoms with E-state index in [2.05, 4.69) is 5.32 Å². The first-order chi connectivity index (χ1) is 18.3. The number of methoxy groups -OCH3 is 1. The van der Waals surface area contributed by atoms with Crippen LogP contribution in [0.1, 0.15) is 59.4 Å². The van der Waals surface area contributed by atoms with E-state index in [0.717, 1.165) is 11.8 Å². The van der Waals surface area contributed by atoms with E-state index in [1.165, 1.54) is 4.31 Å². The summed E-state index contributed by atoms with van der Waals surface area (Å²) in [5.41, 5.74) is 0.832. The van der Waals surface area contributed by atoms with E-state index in [1.807, 2.05) is 58.9 Å². The molecule has 1 atom stereocenters. The smallest absolute Gasteiger partial charge is 0.243 e.